The predicted octanol–water partition coefficient (Wildman–Crippen LogP) is 0.713. The zero-order valence-corrected chi connectivity index (χ0v) is 21.4. The highest BCUT2D eigenvalue weighted by atomic mass is 16.5. The van der Waals surface area contributed by atoms with Gasteiger partial charge >= 0.3 is 0 Å². The largest absolute Gasteiger partial charge is 0.486 e. The molecule has 1 fully saturated rings. The molecular formula is C29H35N3O6. The lowest BCUT2D eigenvalue weighted by Gasteiger charge is -2.41. The minimum absolute atomic E-state index is 0.108. The van der Waals surface area contributed by atoms with Crippen molar-refractivity contribution < 1.29 is 29.3 Å². The summed E-state index contributed by atoms with van der Waals surface area (Å²) in [4.78, 5) is 31.0. The SMILES string of the molecule is O=C(NCCO)C1=CC(N(CCN2CCOCC2)C(=O)Cc2ccccc2)C(O)C2Oc3ccccc3C12. The fourth-order valence-corrected chi connectivity index (χ4v) is 5.58. The van der Waals surface area contributed by atoms with E-state index in [4.69, 9.17) is 9.47 Å². The Kier molecular flexibility index (Phi) is 8.38. The molecule has 1 saturated heterocycles. The molecule has 0 spiro atoms. The molecule has 2 amide bonds. The smallest absolute Gasteiger partial charge is 0.247 e. The molecule has 9 heteroatoms. The van der Waals surface area contributed by atoms with Crippen molar-refractivity contribution in [1.82, 2.24) is 15.1 Å². The third kappa shape index (κ3) is 5.61. The number of morpholine rings is 1. The number of fused-ring (bicyclic) bond motifs is 3. The van der Waals surface area contributed by atoms with E-state index in [1.165, 1.54) is 0 Å². The van der Waals surface area contributed by atoms with Crippen LogP contribution in [0.25, 0.3) is 0 Å². The van der Waals surface area contributed by atoms with Crippen molar-refractivity contribution in [3.63, 3.8) is 0 Å². The Labute approximate surface area is 222 Å². The molecule has 2 aromatic rings. The van der Waals surface area contributed by atoms with E-state index in [-0.39, 0.29) is 31.4 Å². The lowest BCUT2D eigenvalue weighted by molar-refractivity contribution is -0.137. The van der Waals surface area contributed by atoms with Crippen LogP contribution < -0.4 is 10.1 Å². The molecule has 3 N–H and O–H groups in total. The summed E-state index contributed by atoms with van der Waals surface area (Å²) >= 11 is 0. The quantitative estimate of drug-likeness (QED) is 0.446. The number of rotatable bonds is 9. The molecule has 38 heavy (non-hydrogen) atoms. The Morgan fingerprint density at radius 1 is 1.05 bits per heavy atom. The second-order valence-corrected chi connectivity index (χ2v) is 9.88. The van der Waals surface area contributed by atoms with Gasteiger partial charge in [-0.25, -0.2) is 0 Å². The summed E-state index contributed by atoms with van der Waals surface area (Å²) in [6.45, 7) is 3.79. The summed E-state index contributed by atoms with van der Waals surface area (Å²) < 4.78 is 11.7. The van der Waals surface area contributed by atoms with Crippen LogP contribution in [0, 0.1) is 0 Å². The van der Waals surface area contributed by atoms with Gasteiger partial charge in [0, 0.05) is 43.9 Å². The van der Waals surface area contributed by atoms with E-state index >= 15 is 0 Å². The molecule has 202 valence electrons. The van der Waals surface area contributed by atoms with E-state index in [1.807, 2.05) is 54.6 Å². The van der Waals surface area contributed by atoms with Crippen LogP contribution >= 0.6 is 0 Å². The standard InChI is InChI=1S/C29H35N3O6/c33-15-10-30-29(36)22-19-23(27(35)28-26(22)21-8-4-5-9-24(21)38-28)32(12-11-31-13-16-37-17-14-31)25(34)18-20-6-2-1-3-7-20/h1-9,19,23,26-28,33,35H,10-18H2,(H,30,36). The first-order chi connectivity index (χ1) is 18.6. The maximum atomic E-state index is 13.8. The fourth-order valence-electron chi connectivity index (χ4n) is 5.58. The number of hydrogen-bond acceptors (Lipinski definition) is 7. The highest BCUT2D eigenvalue weighted by Gasteiger charge is 2.50. The van der Waals surface area contributed by atoms with Gasteiger partial charge in [-0.15, -0.1) is 0 Å². The Balaban J connectivity index is 1.47. The van der Waals surface area contributed by atoms with Crippen LogP contribution in [0.3, 0.4) is 0 Å². The molecule has 2 aromatic carbocycles. The van der Waals surface area contributed by atoms with E-state index < -0.39 is 24.2 Å². The van der Waals surface area contributed by atoms with Crippen molar-refractivity contribution in [2.45, 2.75) is 30.6 Å². The lowest BCUT2D eigenvalue weighted by Crippen LogP contribution is -2.57. The first-order valence-electron chi connectivity index (χ1n) is 13.2. The molecule has 4 unspecified atom stereocenters. The predicted molar refractivity (Wildman–Crippen MR) is 141 cm³/mol. The third-order valence-electron chi connectivity index (χ3n) is 7.52. The monoisotopic (exact) mass is 521 g/mol. The van der Waals surface area contributed by atoms with Crippen LogP contribution in [0.5, 0.6) is 5.75 Å². The van der Waals surface area contributed by atoms with Gasteiger partial charge in [0.25, 0.3) is 0 Å². The first-order valence-corrected chi connectivity index (χ1v) is 13.2. The van der Waals surface area contributed by atoms with Crippen molar-refractivity contribution in [2.75, 3.05) is 52.5 Å². The Hall–Kier alpha value is -3.24. The van der Waals surface area contributed by atoms with Gasteiger partial charge in [0.15, 0.2) is 0 Å². The number of ether oxygens (including phenoxy) is 2. The third-order valence-corrected chi connectivity index (χ3v) is 7.52. The number of amides is 2. The van der Waals surface area contributed by atoms with Crippen molar-refractivity contribution in [1.29, 1.82) is 0 Å². The van der Waals surface area contributed by atoms with Gasteiger partial charge in [-0.05, 0) is 17.7 Å². The molecule has 3 aliphatic rings. The van der Waals surface area contributed by atoms with E-state index in [0.29, 0.717) is 37.6 Å². The molecule has 2 aliphatic heterocycles. The average Bonchev–Trinajstić information content (AvgIpc) is 3.34. The Morgan fingerprint density at radius 2 is 1.79 bits per heavy atom. The molecule has 4 atom stereocenters. The van der Waals surface area contributed by atoms with E-state index in [1.54, 1.807) is 11.0 Å². The van der Waals surface area contributed by atoms with Crippen LogP contribution in [0.1, 0.15) is 17.0 Å². The minimum atomic E-state index is -1.04. The second-order valence-electron chi connectivity index (χ2n) is 9.88. The fraction of sp³-hybridized carbons (Fsp3) is 0.448. The number of aliphatic hydroxyl groups excluding tert-OH is 2. The van der Waals surface area contributed by atoms with E-state index in [2.05, 4.69) is 10.2 Å². The number of nitrogens with zero attached hydrogens (tertiary/aromatic N) is 2. The summed E-state index contributed by atoms with van der Waals surface area (Å²) in [5, 5.41) is 23.7. The van der Waals surface area contributed by atoms with Gasteiger partial charge in [-0.1, -0.05) is 48.5 Å². The number of para-hydroxylation sites is 1. The van der Waals surface area contributed by atoms with Crippen molar-refractivity contribution >= 4 is 11.8 Å². The Bertz CT molecular complexity index is 1150. The summed E-state index contributed by atoms with van der Waals surface area (Å²) in [5.74, 6) is -0.316. The van der Waals surface area contributed by atoms with Crippen LogP contribution in [-0.2, 0) is 20.7 Å². The van der Waals surface area contributed by atoms with Crippen LogP contribution in [0.4, 0.5) is 0 Å². The molecule has 0 saturated carbocycles. The molecule has 0 aromatic heterocycles. The van der Waals surface area contributed by atoms with Crippen molar-refractivity contribution in [3.8, 4) is 5.75 Å². The maximum Gasteiger partial charge on any atom is 0.247 e. The van der Waals surface area contributed by atoms with Crippen molar-refractivity contribution in [2.24, 2.45) is 0 Å². The van der Waals surface area contributed by atoms with Gasteiger partial charge in [0.05, 0.1) is 38.2 Å². The minimum Gasteiger partial charge on any atom is -0.486 e. The number of benzene rings is 2. The normalized spacial score (nSPS) is 24.5. The lowest BCUT2D eigenvalue weighted by atomic mass is 9.77. The van der Waals surface area contributed by atoms with Crippen LogP contribution in [0.15, 0.2) is 66.2 Å². The van der Waals surface area contributed by atoms with Crippen LogP contribution in [-0.4, -0.2) is 103 Å². The molecule has 2 heterocycles. The molecule has 9 nitrogen and oxygen atoms in total. The number of aliphatic hydroxyl groups is 2. The summed E-state index contributed by atoms with van der Waals surface area (Å²) in [6.07, 6.45) is 0.160. The van der Waals surface area contributed by atoms with Gasteiger partial charge in [-0.3, -0.25) is 14.5 Å². The van der Waals surface area contributed by atoms with E-state index in [9.17, 15) is 19.8 Å². The maximum absolute atomic E-state index is 13.8. The molecule has 0 bridgehead atoms. The number of nitrogens with one attached hydrogen (secondary N) is 1. The van der Waals surface area contributed by atoms with Crippen molar-refractivity contribution in [3.05, 3.63) is 77.4 Å². The summed E-state index contributed by atoms with van der Waals surface area (Å²) in [6, 6.07) is 16.2. The molecule has 1 aliphatic carbocycles. The molecule has 0 radical (unpaired) electrons. The first kappa shape index (κ1) is 26.4. The van der Waals surface area contributed by atoms with Gasteiger partial charge in [0.1, 0.15) is 18.0 Å². The second kappa shape index (κ2) is 12.1. The summed E-state index contributed by atoms with van der Waals surface area (Å²) in [5.41, 5.74) is 2.15. The number of carbonyl (C=O) groups is 2. The molecule has 5 rings (SSSR count). The van der Waals surface area contributed by atoms with Gasteiger partial charge in [-0.2, -0.15) is 0 Å². The highest BCUT2D eigenvalue weighted by molar-refractivity contribution is 5.96. The number of hydrogen-bond donors (Lipinski definition) is 3. The average molecular weight is 522 g/mol. The van der Waals surface area contributed by atoms with E-state index in [0.717, 1.165) is 24.2 Å². The topological polar surface area (TPSA) is 112 Å². The Morgan fingerprint density at radius 3 is 2.55 bits per heavy atom. The zero-order chi connectivity index (χ0) is 26.5. The van der Waals surface area contributed by atoms with Gasteiger partial charge < -0.3 is 29.9 Å². The number of carbonyl (C=O) groups excluding carboxylic acids is 2. The summed E-state index contributed by atoms with van der Waals surface area (Å²) in [7, 11) is 0. The van der Waals surface area contributed by atoms with Crippen LogP contribution in [0.2, 0.25) is 0 Å². The van der Waals surface area contributed by atoms with Gasteiger partial charge in [0.2, 0.25) is 11.8 Å². The molecular weight excluding hydrogens is 486 g/mol. The zero-order valence-electron chi connectivity index (χ0n) is 21.4. The highest BCUT2D eigenvalue weighted by Crippen LogP contribution is 2.47.